The number of hydrogen-bond acceptors (Lipinski definition) is 2. The van der Waals surface area contributed by atoms with Crippen LogP contribution >= 0.6 is 0 Å². The van der Waals surface area contributed by atoms with E-state index in [2.05, 4.69) is 68.2 Å². The first-order chi connectivity index (χ1) is 14.1. The first-order valence-corrected chi connectivity index (χ1v) is 10.4. The van der Waals surface area contributed by atoms with Crippen LogP contribution in [0.25, 0.3) is 6.08 Å². The van der Waals surface area contributed by atoms with E-state index in [0.717, 1.165) is 30.5 Å². The summed E-state index contributed by atoms with van der Waals surface area (Å²) in [5.74, 6) is 0.293. The maximum absolute atomic E-state index is 11.9. The van der Waals surface area contributed by atoms with Crippen molar-refractivity contribution in [3.63, 3.8) is 0 Å². The van der Waals surface area contributed by atoms with Gasteiger partial charge < -0.3 is 4.98 Å². The minimum absolute atomic E-state index is 0.0401. The van der Waals surface area contributed by atoms with E-state index in [9.17, 15) is 4.79 Å². The highest BCUT2D eigenvalue weighted by atomic mass is 16.1. The maximum atomic E-state index is 11.9. The molecule has 0 radical (unpaired) electrons. The van der Waals surface area contributed by atoms with E-state index >= 15 is 0 Å². The summed E-state index contributed by atoms with van der Waals surface area (Å²) in [6, 6.07) is 12.1. The Morgan fingerprint density at radius 1 is 1.24 bits per heavy atom. The number of nitrogens with one attached hydrogen (secondary N) is 1. The predicted octanol–water partition coefficient (Wildman–Crippen LogP) is 5.39. The Bertz CT molecular complexity index is 1100. The summed E-state index contributed by atoms with van der Waals surface area (Å²) >= 11 is 0. The number of H-pyrrole nitrogens is 1. The summed E-state index contributed by atoms with van der Waals surface area (Å²) in [6.07, 6.45) is 13.4. The molecule has 2 aliphatic carbocycles. The number of pyridine rings is 1. The highest BCUT2D eigenvalue weighted by Gasteiger charge is 2.46. The molecule has 3 heteroatoms. The molecule has 0 spiro atoms. The Hall–Kier alpha value is -2.94. The van der Waals surface area contributed by atoms with Crippen molar-refractivity contribution in [2.24, 2.45) is 10.9 Å². The Morgan fingerprint density at radius 3 is 2.86 bits per heavy atom. The van der Waals surface area contributed by atoms with Gasteiger partial charge in [-0.3, -0.25) is 9.79 Å². The van der Waals surface area contributed by atoms with Crippen molar-refractivity contribution in [3.8, 4) is 0 Å². The van der Waals surface area contributed by atoms with E-state index in [1.807, 2.05) is 18.4 Å². The second-order valence-electron chi connectivity index (χ2n) is 8.01. The fourth-order valence-electron chi connectivity index (χ4n) is 4.99. The molecule has 2 aliphatic rings. The molecular formula is C26H28N2O. The monoisotopic (exact) mass is 384 g/mol. The SMILES string of the molecule is C/C=C1\[C@H]2C=C(C)C[C@]1(N=CC=Cc1ccccc1CC)c1ccc(=O)[nH]c1C2. The molecule has 2 atom stereocenters. The molecule has 0 amide bonds. The van der Waals surface area contributed by atoms with Gasteiger partial charge in [-0.05, 0) is 55.5 Å². The summed E-state index contributed by atoms with van der Waals surface area (Å²) in [5.41, 5.74) is 6.95. The Kier molecular flexibility index (Phi) is 5.23. The molecule has 0 saturated carbocycles. The van der Waals surface area contributed by atoms with Crippen LogP contribution in [0.3, 0.4) is 0 Å². The Labute approximate surface area is 172 Å². The van der Waals surface area contributed by atoms with Gasteiger partial charge >= 0.3 is 0 Å². The zero-order valence-corrected chi connectivity index (χ0v) is 17.4. The van der Waals surface area contributed by atoms with Crippen molar-refractivity contribution in [2.75, 3.05) is 0 Å². The number of nitrogens with zero attached hydrogens (tertiary/aromatic N) is 1. The molecule has 1 heterocycles. The van der Waals surface area contributed by atoms with Crippen molar-refractivity contribution in [1.82, 2.24) is 4.98 Å². The van der Waals surface area contributed by atoms with Crippen LogP contribution in [0.2, 0.25) is 0 Å². The lowest BCUT2D eigenvalue weighted by Crippen LogP contribution is -2.40. The summed E-state index contributed by atoms with van der Waals surface area (Å²) in [7, 11) is 0. The molecule has 29 heavy (non-hydrogen) atoms. The summed E-state index contributed by atoms with van der Waals surface area (Å²) < 4.78 is 0. The molecule has 2 aromatic rings. The topological polar surface area (TPSA) is 45.2 Å². The molecular weight excluding hydrogens is 356 g/mol. The smallest absolute Gasteiger partial charge is 0.248 e. The number of rotatable bonds is 4. The van der Waals surface area contributed by atoms with Gasteiger partial charge in [0.15, 0.2) is 0 Å². The molecule has 1 N–H and O–H groups in total. The van der Waals surface area contributed by atoms with Gasteiger partial charge in [-0.1, -0.05) is 55.0 Å². The van der Waals surface area contributed by atoms with Crippen LogP contribution < -0.4 is 5.56 Å². The zero-order chi connectivity index (χ0) is 20.4. The van der Waals surface area contributed by atoms with E-state index < -0.39 is 5.54 Å². The van der Waals surface area contributed by atoms with Crippen LogP contribution in [0.15, 0.2) is 75.6 Å². The average Bonchev–Trinajstić information content (AvgIpc) is 2.70. The lowest BCUT2D eigenvalue weighted by molar-refractivity contribution is 0.413. The Balaban J connectivity index is 1.77. The molecule has 4 rings (SSSR count). The van der Waals surface area contributed by atoms with Crippen molar-refractivity contribution >= 4 is 12.3 Å². The molecule has 0 unspecified atom stereocenters. The van der Waals surface area contributed by atoms with Crippen molar-refractivity contribution < 1.29 is 0 Å². The highest BCUT2D eigenvalue weighted by molar-refractivity contribution is 5.80. The van der Waals surface area contributed by atoms with Crippen molar-refractivity contribution in [1.29, 1.82) is 0 Å². The minimum atomic E-state index is -0.426. The lowest BCUT2D eigenvalue weighted by atomic mass is 9.63. The van der Waals surface area contributed by atoms with Gasteiger partial charge in [0, 0.05) is 35.9 Å². The normalized spacial score (nSPS) is 24.9. The van der Waals surface area contributed by atoms with E-state index in [1.165, 1.54) is 22.3 Å². The molecule has 0 fully saturated rings. The van der Waals surface area contributed by atoms with E-state index in [0.29, 0.717) is 5.92 Å². The lowest BCUT2D eigenvalue weighted by Gasteiger charge is -2.45. The zero-order valence-electron chi connectivity index (χ0n) is 17.4. The largest absolute Gasteiger partial charge is 0.326 e. The quantitative estimate of drug-likeness (QED) is 0.558. The standard InChI is InChI=1S/C26H28N2O/c1-4-19-9-6-7-10-20(19)11-8-14-27-26-17-18(3)15-21(22(26)5-2)16-24-23(26)12-13-25(29)28-24/h5-15,21H,4,16-17H2,1-3H3,(H,28,29)/b11-8?,22-5+,27-14?/t21-,26+/m0/s1. The summed E-state index contributed by atoms with van der Waals surface area (Å²) in [5, 5.41) is 0. The Morgan fingerprint density at radius 2 is 2.07 bits per heavy atom. The number of aromatic amines is 1. The van der Waals surface area contributed by atoms with Gasteiger partial charge in [-0.2, -0.15) is 0 Å². The van der Waals surface area contributed by atoms with Crippen molar-refractivity contribution in [3.05, 3.63) is 98.5 Å². The molecule has 1 aromatic heterocycles. The molecule has 2 bridgehead atoms. The van der Waals surface area contributed by atoms with Gasteiger partial charge in [0.05, 0.1) is 0 Å². The fraction of sp³-hybridized carbons (Fsp3) is 0.308. The molecule has 0 aliphatic heterocycles. The second-order valence-corrected chi connectivity index (χ2v) is 8.01. The predicted molar refractivity (Wildman–Crippen MR) is 121 cm³/mol. The van der Waals surface area contributed by atoms with E-state index in [1.54, 1.807) is 6.07 Å². The third-order valence-corrected chi connectivity index (χ3v) is 6.17. The number of allylic oxidation sites excluding steroid dienone is 3. The maximum Gasteiger partial charge on any atom is 0.248 e. The van der Waals surface area contributed by atoms with E-state index in [-0.39, 0.29) is 5.56 Å². The third kappa shape index (κ3) is 3.46. The first-order valence-electron chi connectivity index (χ1n) is 10.4. The number of hydrogen-bond donors (Lipinski definition) is 1. The first kappa shape index (κ1) is 19.4. The number of aromatic nitrogens is 1. The van der Waals surface area contributed by atoms with Gasteiger partial charge in [0.2, 0.25) is 5.56 Å². The molecule has 0 saturated heterocycles. The highest BCUT2D eigenvalue weighted by Crippen LogP contribution is 2.51. The number of aryl methyl sites for hydroxylation is 1. The van der Waals surface area contributed by atoms with Crippen LogP contribution in [0.5, 0.6) is 0 Å². The minimum Gasteiger partial charge on any atom is -0.326 e. The van der Waals surface area contributed by atoms with Crippen LogP contribution in [0.1, 0.15) is 49.6 Å². The second kappa shape index (κ2) is 7.82. The average molecular weight is 385 g/mol. The number of aliphatic imine (C=N–C) groups is 1. The summed E-state index contributed by atoms with van der Waals surface area (Å²) in [4.78, 5) is 20.1. The van der Waals surface area contributed by atoms with Gasteiger partial charge in [0.1, 0.15) is 5.54 Å². The van der Waals surface area contributed by atoms with Crippen LogP contribution in [0, 0.1) is 5.92 Å². The van der Waals surface area contributed by atoms with Gasteiger partial charge in [-0.25, -0.2) is 0 Å². The number of fused-ring (bicyclic) bond motifs is 4. The van der Waals surface area contributed by atoms with Crippen LogP contribution in [-0.4, -0.2) is 11.2 Å². The van der Waals surface area contributed by atoms with Gasteiger partial charge in [0.25, 0.3) is 0 Å². The third-order valence-electron chi connectivity index (χ3n) is 6.17. The molecule has 148 valence electrons. The number of benzene rings is 1. The summed E-state index contributed by atoms with van der Waals surface area (Å²) in [6.45, 7) is 6.47. The van der Waals surface area contributed by atoms with Gasteiger partial charge in [-0.15, -0.1) is 0 Å². The molecule has 3 nitrogen and oxygen atoms in total. The molecule has 1 aromatic carbocycles. The van der Waals surface area contributed by atoms with E-state index in [4.69, 9.17) is 4.99 Å². The fourth-order valence-corrected chi connectivity index (χ4v) is 4.99. The van der Waals surface area contributed by atoms with Crippen molar-refractivity contribution in [2.45, 2.75) is 45.6 Å². The van der Waals surface area contributed by atoms with Crippen LogP contribution in [0.4, 0.5) is 0 Å². The van der Waals surface area contributed by atoms with Crippen LogP contribution in [-0.2, 0) is 18.4 Å².